The van der Waals surface area contributed by atoms with Crippen LogP contribution in [0.4, 0.5) is 11.4 Å². The molecule has 1 fully saturated rings. The minimum atomic E-state index is -0.717. The Morgan fingerprint density at radius 1 is 1.28 bits per heavy atom. The van der Waals surface area contributed by atoms with Gasteiger partial charge in [-0.1, -0.05) is 17.7 Å². The number of carbonyl (C=O) groups is 1. The Morgan fingerprint density at radius 2 is 2.00 bits per heavy atom. The molecule has 1 saturated heterocycles. The minimum Gasteiger partial charge on any atom is -0.496 e. The smallest absolute Gasteiger partial charge is 0.270 e. The number of nitrogens with one attached hydrogen (secondary N) is 1. The van der Waals surface area contributed by atoms with Crippen LogP contribution in [0.15, 0.2) is 36.4 Å². The summed E-state index contributed by atoms with van der Waals surface area (Å²) in [6, 6.07) is 10.2. The summed E-state index contributed by atoms with van der Waals surface area (Å²) in [6.07, 6.45) is 1.55. The number of primary amides is 1. The van der Waals surface area contributed by atoms with Gasteiger partial charge in [0.25, 0.3) is 11.6 Å². The summed E-state index contributed by atoms with van der Waals surface area (Å²) in [6.45, 7) is 3.77. The number of hydrogen-bond acceptors (Lipinski definition) is 6. The Morgan fingerprint density at radius 3 is 2.62 bits per heavy atom. The first-order chi connectivity index (χ1) is 13.9. The molecule has 0 spiro atoms. The molecule has 2 aromatic carbocycles. The van der Waals surface area contributed by atoms with Crippen LogP contribution in [0.2, 0.25) is 0 Å². The predicted octanol–water partition coefficient (Wildman–Crippen LogP) is 3.17. The van der Waals surface area contributed by atoms with E-state index in [1.165, 1.54) is 18.2 Å². The van der Waals surface area contributed by atoms with Gasteiger partial charge in [0, 0.05) is 48.6 Å². The third-order valence-electron chi connectivity index (χ3n) is 5.47. The molecule has 0 atom stereocenters. The highest BCUT2D eigenvalue weighted by molar-refractivity contribution is 5.99. The molecule has 0 aromatic heterocycles. The van der Waals surface area contributed by atoms with E-state index in [2.05, 4.69) is 11.4 Å². The van der Waals surface area contributed by atoms with E-state index in [1.807, 2.05) is 19.1 Å². The Kier molecular flexibility index (Phi) is 6.03. The van der Waals surface area contributed by atoms with Crippen LogP contribution in [0, 0.1) is 17.0 Å². The second-order valence-electron chi connectivity index (χ2n) is 7.30. The van der Waals surface area contributed by atoms with Crippen molar-refractivity contribution in [3.63, 3.8) is 0 Å². The standard InChI is InChI=1S/C21H25N3O5/c1-14-3-6-19(28-2)17(11-14)21(7-9-29-10-8-21)13-23-18-5-4-15(24(26)27)12-16(18)20(22)25/h3-6,11-12,23H,7-10,13H2,1-2H3,(H2,22,25). The van der Waals surface area contributed by atoms with Gasteiger partial charge in [-0.25, -0.2) is 0 Å². The Bertz CT molecular complexity index is 923. The number of hydrogen-bond donors (Lipinski definition) is 2. The van der Waals surface area contributed by atoms with Gasteiger partial charge < -0.3 is 20.5 Å². The summed E-state index contributed by atoms with van der Waals surface area (Å²) in [5, 5.41) is 14.3. The van der Waals surface area contributed by atoms with Gasteiger partial charge in [-0.15, -0.1) is 0 Å². The van der Waals surface area contributed by atoms with Crippen molar-refractivity contribution in [1.82, 2.24) is 0 Å². The van der Waals surface area contributed by atoms with Gasteiger partial charge in [0.15, 0.2) is 0 Å². The summed E-state index contributed by atoms with van der Waals surface area (Å²) in [7, 11) is 1.65. The number of aryl methyl sites for hydroxylation is 1. The lowest BCUT2D eigenvalue weighted by atomic mass is 9.73. The summed E-state index contributed by atoms with van der Waals surface area (Å²) in [5.41, 5.74) is 7.79. The quantitative estimate of drug-likeness (QED) is 0.546. The second kappa shape index (κ2) is 8.48. The zero-order valence-corrected chi connectivity index (χ0v) is 16.6. The molecule has 8 nitrogen and oxygen atoms in total. The number of rotatable bonds is 7. The molecule has 1 aliphatic rings. The van der Waals surface area contributed by atoms with Crippen LogP contribution >= 0.6 is 0 Å². The van der Waals surface area contributed by atoms with Gasteiger partial charge in [0.1, 0.15) is 5.75 Å². The number of benzene rings is 2. The summed E-state index contributed by atoms with van der Waals surface area (Å²) >= 11 is 0. The van der Waals surface area contributed by atoms with Crippen LogP contribution in [-0.4, -0.2) is 37.7 Å². The first kappa shape index (κ1) is 20.6. The highest BCUT2D eigenvalue weighted by Gasteiger charge is 2.37. The van der Waals surface area contributed by atoms with Gasteiger partial charge in [-0.05, 0) is 31.9 Å². The van der Waals surface area contributed by atoms with Crippen molar-refractivity contribution in [2.75, 3.05) is 32.2 Å². The van der Waals surface area contributed by atoms with E-state index in [0.717, 1.165) is 29.7 Å². The van der Waals surface area contributed by atoms with E-state index in [9.17, 15) is 14.9 Å². The van der Waals surface area contributed by atoms with E-state index in [0.29, 0.717) is 25.4 Å². The molecule has 8 heteroatoms. The van der Waals surface area contributed by atoms with Gasteiger partial charge >= 0.3 is 0 Å². The normalized spacial score (nSPS) is 15.5. The van der Waals surface area contributed by atoms with Crippen LogP contribution in [0.25, 0.3) is 0 Å². The van der Waals surface area contributed by atoms with Gasteiger partial charge in [0.05, 0.1) is 17.6 Å². The number of ether oxygens (including phenoxy) is 2. The molecule has 1 amide bonds. The number of nitrogens with zero attached hydrogens (tertiary/aromatic N) is 1. The molecule has 0 radical (unpaired) electrons. The Balaban J connectivity index is 1.96. The lowest BCUT2D eigenvalue weighted by molar-refractivity contribution is -0.384. The van der Waals surface area contributed by atoms with E-state index in [4.69, 9.17) is 15.2 Å². The number of carbonyl (C=O) groups excluding carboxylic acids is 1. The topological polar surface area (TPSA) is 117 Å². The summed E-state index contributed by atoms with van der Waals surface area (Å²) in [4.78, 5) is 22.4. The lowest BCUT2D eigenvalue weighted by Crippen LogP contribution is -2.40. The van der Waals surface area contributed by atoms with E-state index < -0.39 is 10.8 Å². The van der Waals surface area contributed by atoms with E-state index >= 15 is 0 Å². The fourth-order valence-corrected chi connectivity index (χ4v) is 3.81. The molecule has 3 N–H and O–H groups in total. The third kappa shape index (κ3) is 4.32. The molecular weight excluding hydrogens is 374 g/mol. The largest absolute Gasteiger partial charge is 0.496 e. The van der Waals surface area contributed by atoms with Crippen LogP contribution in [0.1, 0.15) is 34.3 Å². The average molecular weight is 399 g/mol. The molecule has 154 valence electrons. The fraction of sp³-hybridized carbons (Fsp3) is 0.381. The molecule has 0 bridgehead atoms. The van der Waals surface area contributed by atoms with Crippen molar-refractivity contribution in [2.45, 2.75) is 25.2 Å². The zero-order chi connectivity index (χ0) is 21.0. The van der Waals surface area contributed by atoms with Crippen molar-refractivity contribution in [1.29, 1.82) is 0 Å². The summed E-state index contributed by atoms with van der Waals surface area (Å²) in [5.74, 6) is 0.0866. The number of nitrogens with two attached hydrogens (primary N) is 1. The number of amides is 1. The highest BCUT2D eigenvalue weighted by atomic mass is 16.6. The molecule has 3 rings (SSSR count). The van der Waals surface area contributed by atoms with Crippen molar-refractivity contribution >= 4 is 17.3 Å². The SMILES string of the molecule is COc1ccc(C)cc1C1(CNc2ccc([N+](=O)[O-])cc2C(N)=O)CCOCC1. The Labute approximate surface area is 169 Å². The van der Waals surface area contributed by atoms with E-state index in [1.54, 1.807) is 7.11 Å². The summed E-state index contributed by atoms with van der Waals surface area (Å²) < 4.78 is 11.2. The molecular formula is C21H25N3O5. The fourth-order valence-electron chi connectivity index (χ4n) is 3.81. The number of nitro benzene ring substituents is 1. The number of anilines is 1. The van der Waals surface area contributed by atoms with Crippen LogP contribution in [0.5, 0.6) is 5.75 Å². The first-order valence-corrected chi connectivity index (χ1v) is 9.41. The van der Waals surface area contributed by atoms with Crippen molar-refractivity contribution in [3.05, 3.63) is 63.2 Å². The van der Waals surface area contributed by atoms with Crippen LogP contribution in [0.3, 0.4) is 0 Å². The van der Waals surface area contributed by atoms with Gasteiger partial charge in [-0.2, -0.15) is 0 Å². The van der Waals surface area contributed by atoms with Crippen LogP contribution in [-0.2, 0) is 10.2 Å². The molecule has 1 aliphatic heterocycles. The maximum Gasteiger partial charge on any atom is 0.270 e. The van der Waals surface area contributed by atoms with Crippen LogP contribution < -0.4 is 15.8 Å². The molecule has 0 unspecified atom stereocenters. The Hall–Kier alpha value is -3.13. The van der Waals surface area contributed by atoms with E-state index in [-0.39, 0.29) is 16.7 Å². The minimum absolute atomic E-state index is 0.0950. The maximum absolute atomic E-state index is 11.9. The maximum atomic E-state index is 11.9. The molecule has 0 saturated carbocycles. The third-order valence-corrected chi connectivity index (χ3v) is 5.47. The molecule has 2 aromatic rings. The predicted molar refractivity (Wildman–Crippen MR) is 110 cm³/mol. The second-order valence-corrected chi connectivity index (χ2v) is 7.30. The van der Waals surface area contributed by atoms with Crippen molar-refractivity contribution < 1.29 is 19.2 Å². The first-order valence-electron chi connectivity index (χ1n) is 9.41. The zero-order valence-electron chi connectivity index (χ0n) is 16.6. The highest BCUT2D eigenvalue weighted by Crippen LogP contribution is 2.41. The lowest BCUT2D eigenvalue weighted by Gasteiger charge is -2.39. The molecule has 0 aliphatic carbocycles. The number of methoxy groups -OCH3 is 1. The van der Waals surface area contributed by atoms with Gasteiger partial charge in [0.2, 0.25) is 0 Å². The monoisotopic (exact) mass is 399 g/mol. The average Bonchev–Trinajstić information content (AvgIpc) is 2.72. The van der Waals surface area contributed by atoms with Crippen molar-refractivity contribution in [3.8, 4) is 5.75 Å². The number of non-ortho nitro benzene ring substituents is 1. The number of nitro groups is 1. The van der Waals surface area contributed by atoms with Gasteiger partial charge in [-0.3, -0.25) is 14.9 Å². The molecule has 1 heterocycles. The van der Waals surface area contributed by atoms with Crippen molar-refractivity contribution in [2.24, 2.45) is 5.73 Å². The molecule has 29 heavy (non-hydrogen) atoms.